The molecule has 4 heteroatoms. The van der Waals surface area contributed by atoms with Crippen molar-refractivity contribution in [3.05, 3.63) is 0 Å². The summed E-state index contributed by atoms with van der Waals surface area (Å²) in [6.07, 6.45) is 6.59. The fourth-order valence-electron chi connectivity index (χ4n) is 2.48. The first-order chi connectivity index (χ1) is 7.74. The van der Waals surface area contributed by atoms with E-state index in [9.17, 15) is 4.79 Å². The molecule has 1 saturated heterocycles. The molecular formula is C12H22N2O2. The van der Waals surface area contributed by atoms with Gasteiger partial charge in [0.2, 0.25) is 5.91 Å². The van der Waals surface area contributed by atoms with Gasteiger partial charge in [-0.15, -0.1) is 0 Å². The molecule has 2 aliphatic rings. The summed E-state index contributed by atoms with van der Waals surface area (Å²) in [5, 5.41) is 15.5. The number of nitrogens with one attached hydrogen (secondary N) is 2. The van der Waals surface area contributed by atoms with Crippen LogP contribution in [-0.4, -0.2) is 35.7 Å². The number of rotatable bonds is 4. The van der Waals surface area contributed by atoms with Crippen LogP contribution in [0.15, 0.2) is 0 Å². The SMILES string of the molecule is O=C(CCC1CCCCN1)NC1CC(O)C1. The number of carbonyl (C=O) groups excluding carboxylic acids is 1. The maximum absolute atomic E-state index is 11.6. The van der Waals surface area contributed by atoms with Crippen LogP contribution >= 0.6 is 0 Å². The Labute approximate surface area is 96.8 Å². The average molecular weight is 226 g/mol. The second-order valence-electron chi connectivity index (χ2n) is 5.08. The van der Waals surface area contributed by atoms with Crippen LogP contribution in [0.25, 0.3) is 0 Å². The minimum atomic E-state index is -0.190. The van der Waals surface area contributed by atoms with Crippen LogP contribution in [0, 0.1) is 0 Å². The normalized spacial score (nSPS) is 34.2. The second-order valence-corrected chi connectivity index (χ2v) is 5.08. The maximum Gasteiger partial charge on any atom is 0.220 e. The predicted molar refractivity (Wildman–Crippen MR) is 62.0 cm³/mol. The highest BCUT2D eigenvalue weighted by Crippen LogP contribution is 2.19. The zero-order chi connectivity index (χ0) is 11.4. The highest BCUT2D eigenvalue weighted by molar-refractivity contribution is 5.76. The number of carbonyl (C=O) groups is 1. The summed E-state index contributed by atoms with van der Waals surface area (Å²) < 4.78 is 0. The van der Waals surface area contributed by atoms with Crippen molar-refractivity contribution in [2.24, 2.45) is 0 Å². The number of piperidine rings is 1. The van der Waals surface area contributed by atoms with Gasteiger partial charge in [0.25, 0.3) is 0 Å². The number of amides is 1. The van der Waals surface area contributed by atoms with E-state index in [-0.39, 0.29) is 18.1 Å². The van der Waals surface area contributed by atoms with Gasteiger partial charge < -0.3 is 15.7 Å². The lowest BCUT2D eigenvalue weighted by Crippen LogP contribution is -2.47. The van der Waals surface area contributed by atoms with Crippen molar-refractivity contribution in [1.29, 1.82) is 0 Å². The van der Waals surface area contributed by atoms with Gasteiger partial charge in [-0.2, -0.15) is 0 Å². The molecule has 1 aliphatic heterocycles. The number of hydrogen-bond donors (Lipinski definition) is 3. The van der Waals surface area contributed by atoms with Gasteiger partial charge in [-0.3, -0.25) is 4.79 Å². The van der Waals surface area contributed by atoms with Crippen LogP contribution in [0.2, 0.25) is 0 Å². The van der Waals surface area contributed by atoms with E-state index in [1.807, 2.05) is 0 Å². The van der Waals surface area contributed by atoms with Crippen molar-refractivity contribution in [2.45, 2.75) is 63.1 Å². The van der Waals surface area contributed by atoms with E-state index >= 15 is 0 Å². The fourth-order valence-corrected chi connectivity index (χ4v) is 2.48. The summed E-state index contributed by atoms with van der Waals surface area (Å²) in [6.45, 7) is 1.10. The first-order valence-electron chi connectivity index (χ1n) is 6.45. The van der Waals surface area contributed by atoms with E-state index in [2.05, 4.69) is 10.6 Å². The lowest BCUT2D eigenvalue weighted by molar-refractivity contribution is -0.123. The van der Waals surface area contributed by atoms with E-state index in [4.69, 9.17) is 5.11 Å². The summed E-state index contributed by atoms with van der Waals surface area (Å²) in [5.74, 6) is 0.143. The molecule has 1 saturated carbocycles. The summed E-state index contributed by atoms with van der Waals surface area (Å²) in [5.41, 5.74) is 0. The lowest BCUT2D eigenvalue weighted by atomic mass is 9.89. The molecule has 0 aromatic carbocycles. The molecule has 2 rings (SSSR count). The molecule has 16 heavy (non-hydrogen) atoms. The fraction of sp³-hybridized carbons (Fsp3) is 0.917. The minimum absolute atomic E-state index is 0.143. The zero-order valence-electron chi connectivity index (χ0n) is 9.74. The third kappa shape index (κ3) is 3.46. The molecule has 0 bridgehead atoms. The monoisotopic (exact) mass is 226 g/mol. The van der Waals surface area contributed by atoms with Crippen molar-refractivity contribution < 1.29 is 9.90 Å². The Hall–Kier alpha value is -0.610. The van der Waals surface area contributed by atoms with Crippen LogP contribution in [0.4, 0.5) is 0 Å². The van der Waals surface area contributed by atoms with Crippen LogP contribution in [0.3, 0.4) is 0 Å². The second kappa shape index (κ2) is 5.64. The van der Waals surface area contributed by atoms with Gasteiger partial charge in [0.15, 0.2) is 0 Å². The van der Waals surface area contributed by atoms with Crippen molar-refractivity contribution in [1.82, 2.24) is 10.6 Å². The molecule has 1 unspecified atom stereocenters. The predicted octanol–water partition coefficient (Wildman–Crippen LogP) is 0.548. The number of aliphatic hydroxyl groups is 1. The largest absolute Gasteiger partial charge is 0.393 e. The van der Waals surface area contributed by atoms with Crippen molar-refractivity contribution in [2.75, 3.05) is 6.54 Å². The van der Waals surface area contributed by atoms with Crippen molar-refractivity contribution >= 4 is 5.91 Å². The third-order valence-electron chi connectivity index (χ3n) is 3.61. The van der Waals surface area contributed by atoms with Crippen LogP contribution in [-0.2, 0) is 4.79 Å². The molecule has 1 heterocycles. The topological polar surface area (TPSA) is 61.4 Å². The van der Waals surface area contributed by atoms with Gasteiger partial charge >= 0.3 is 0 Å². The zero-order valence-corrected chi connectivity index (χ0v) is 9.74. The Morgan fingerprint density at radius 1 is 1.38 bits per heavy atom. The first kappa shape index (κ1) is 11.9. The quantitative estimate of drug-likeness (QED) is 0.656. The molecule has 0 radical (unpaired) electrons. The maximum atomic E-state index is 11.6. The molecule has 0 spiro atoms. The molecule has 1 amide bonds. The first-order valence-corrected chi connectivity index (χ1v) is 6.45. The summed E-state index contributed by atoms with van der Waals surface area (Å²) >= 11 is 0. The molecular weight excluding hydrogens is 204 g/mol. The van der Waals surface area contributed by atoms with Gasteiger partial charge in [0.1, 0.15) is 0 Å². The Kier molecular flexibility index (Phi) is 4.18. The molecule has 92 valence electrons. The van der Waals surface area contributed by atoms with E-state index in [1.54, 1.807) is 0 Å². The van der Waals surface area contributed by atoms with E-state index in [0.29, 0.717) is 12.5 Å². The molecule has 0 aromatic rings. The van der Waals surface area contributed by atoms with Gasteiger partial charge in [-0.1, -0.05) is 6.42 Å². The number of hydrogen-bond acceptors (Lipinski definition) is 3. The van der Waals surface area contributed by atoms with Gasteiger partial charge in [-0.25, -0.2) is 0 Å². The standard InChI is InChI=1S/C12H22N2O2/c15-11-7-10(8-11)14-12(16)5-4-9-3-1-2-6-13-9/h9-11,13,15H,1-8H2,(H,14,16). The Morgan fingerprint density at radius 3 is 2.81 bits per heavy atom. The molecule has 3 N–H and O–H groups in total. The highest BCUT2D eigenvalue weighted by atomic mass is 16.3. The minimum Gasteiger partial charge on any atom is -0.393 e. The number of aliphatic hydroxyl groups excluding tert-OH is 1. The highest BCUT2D eigenvalue weighted by Gasteiger charge is 2.28. The molecule has 1 aliphatic carbocycles. The Morgan fingerprint density at radius 2 is 2.19 bits per heavy atom. The van der Waals surface area contributed by atoms with Crippen molar-refractivity contribution in [3.63, 3.8) is 0 Å². The van der Waals surface area contributed by atoms with Crippen LogP contribution in [0.1, 0.15) is 44.9 Å². The average Bonchev–Trinajstić information content (AvgIpc) is 2.26. The summed E-state index contributed by atoms with van der Waals surface area (Å²) in [7, 11) is 0. The molecule has 4 nitrogen and oxygen atoms in total. The Bertz CT molecular complexity index is 233. The van der Waals surface area contributed by atoms with Crippen molar-refractivity contribution in [3.8, 4) is 0 Å². The third-order valence-corrected chi connectivity index (χ3v) is 3.61. The van der Waals surface area contributed by atoms with Gasteiger partial charge in [0.05, 0.1) is 6.10 Å². The smallest absolute Gasteiger partial charge is 0.220 e. The summed E-state index contributed by atoms with van der Waals surface area (Å²) in [4.78, 5) is 11.6. The lowest BCUT2D eigenvalue weighted by Gasteiger charge is -2.32. The van der Waals surface area contributed by atoms with E-state index < -0.39 is 0 Å². The van der Waals surface area contributed by atoms with E-state index in [1.165, 1.54) is 19.3 Å². The molecule has 1 atom stereocenters. The van der Waals surface area contributed by atoms with Gasteiger partial charge in [0, 0.05) is 18.5 Å². The van der Waals surface area contributed by atoms with Crippen LogP contribution < -0.4 is 10.6 Å². The van der Waals surface area contributed by atoms with Gasteiger partial charge in [-0.05, 0) is 38.6 Å². The molecule has 2 fully saturated rings. The van der Waals surface area contributed by atoms with Crippen LogP contribution in [0.5, 0.6) is 0 Å². The Balaban J connectivity index is 1.56. The van der Waals surface area contributed by atoms with E-state index in [0.717, 1.165) is 25.8 Å². The molecule has 0 aromatic heterocycles. The summed E-state index contributed by atoms with van der Waals surface area (Å²) in [6, 6.07) is 0.758.